The van der Waals surface area contributed by atoms with Gasteiger partial charge in [-0.15, -0.1) is 0 Å². The monoisotopic (exact) mass is 761 g/mol. The first kappa shape index (κ1) is 35.2. The normalized spacial score (nSPS) is 10.9. The van der Waals surface area contributed by atoms with E-state index in [1.54, 1.807) is 6.07 Å². The summed E-state index contributed by atoms with van der Waals surface area (Å²) in [4.78, 5) is 0. The van der Waals surface area contributed by atoms with E-state index in [9.17, 15) is 26.3 Å². The lowest BCUT2D eigenvalue weighted by Crippen LogP contribution is -2.05. The van der Waals surface area contributed by atoms with E-state index in [0.717, 1.165) is 71.4 Å². The molecule has 0 aliphatic carbocycles. The minimum absolute atomic E-state index is 0.342. The molecule has 0 atom stereocenters. The van der Waals surface area contributed by atoms with Gasteiger partial charge in [-0.2, -0.15) is 26.3 Å². The first-order valence-corrected chi connectivity index (χ1v) is 19.1. The Bertz CT molecular complexity index is 3410. The van der Waals surface area contributed by atoms with E-state index in [2.05, 4.69) is 100 Å². The fourth-order valence-electron chi connectivity index (χ4n) is 8.52. The Morgan fingerprint density at radius 3 is 1.07 bits per heavy atom. The molecular weight excluding hydrogens is 735 g/mol. The Labute approximate surface area is 344 Å². The van der Waals surface area contributed by atoms with Crippen LogP contribution in [0, 0.1) is 56.7 Å². The average molecular weight is 762 g/mol. The van der Waals surface area contributed by atoms with Gasteiger partial charge in [0.05, 0.1) is 91.6 Å². The zero-order chi connectivity index (χ0) is 40.9. The summed E-state index contributed by atoms with van der Waals surface area (Å²) < 4.78 is 4.35. The van der Waals surface area contributed by atoms with Gasteiger partial charge in [-0.3, -0.25) is 0 Å². The van der Waals surface area contributed by atoms with Crippen molar-refractivity contribution < 1.29 is 0 Å². The topological polar surface area (TPSA) is 129 Å². The molecule has 10 aromatic rings. The molecule has 7 heteroatoms. The van der Waals surface area contributed by atoms with Crippen LogP contribution in [0.3, 0.4) is 0 Å². The number of para-hydroxylation sites is 2. The van der Waals surface area contributed by atoms with Crippen LogP contribution in [0.5, 0.6) is 0 Å². The molecule has 0 aliphatic rings. The number of fused-ring (bicyclic) bond motifs is 6. The number of nitrogens with zero attached hydrogens (tertiary/aromatic N) is 7. The lowest BCUT2D eigenvalue weighted by Gasteiger charge is -2.21. The van der Waals surface area contributed by atoms with E-state index >= 15 is 0 Å². The van der Waals surface area contributed by atoms with Crippen molar-refractivity contribution in [3.05, 3.63) is 192 Å². The first-order chi connectivity index (χ1) is 29.5. The van der Waals surface area contributed by atoms with Crippen molar-refractivity contribution in [3.63, 3.8) is 0 Å². The number of hydrogen-bond donors (Lipinski definition) is 0. The van der Waals surface area contributed by atoms with Crippen LogP contribution >= 0.6 is 0 Å². The minimum atomic E-state index is 0.342. The summed E-state index contributed by atoms with van der Waals surface area (Å²) >= 11 is 0. The van der Waals surface area contributed by atoms with Crippen LogP contribution in [0.1, 0.15) is 27.8 Å². The highest BCUT2D eigenvalue weighted by atomic mass is 15.0. The minimum Gasteiger partial charge on any atom is -0.308 e. The van der Waals surface area contributed by atoms with Gasteiger partial charge in [0.15, 0.2) is 0 Å². The smallest absolute Gasteiger partial charge is 0.0993 e. The third-order valence-electron chi connectivity index (χ3n) is 11.2. The largest absolute Gasteiger partial charge is 0.308 e. The predicted octanol–water partition coefficient (Wildman–Crippen LogP) is 12.2. The summed E-state index contributed by atoms with van der Waals surface area (Å²) in [5.74, 6) is 0. The molecule has 0 saturated carbocycles. The highest BCUT2D eigenvalue weighted by molar-refractivity contribution is 6.13. The van der Waals surface area contributed by atoms with Crippen molar-refractivity contribution in [2.45, 2.75) is 0 Å². The molecule has 0 bridgehead atoms. The van der Waals surface area contributed by atoms with Crippen LogP contribution in [0.15, 0.2) is 164 Å². The standard InChI is InChI=1S/C53H27N7/c54-28-33-9-13-38(14-10-33)40-17-19-49-45(26-40)43-5-1-3-7-47(43)59(49)51-24-37(32-58)25-52(53(51)42-22-35(30-56)21-36(23-42)31-57)60-48-8-4-2-6-44(48)46-27-41(18-20-50(46)60)39-15-11-34(29-55)12-16-39/h1-27H. The molecule has 0 amide bonds. The molecule has 7 nitrogen and oxygen atoms in total. The Balaban J connectivity index is 1.32. The number of hydrogen-bond acceptors (Lipinski definition) is 5. The van der Waals surface area contributed by atoms with E-state index in [-0.39, 0.29) is 0 Å². The van der Waals surface area contributed by atoms with Crippen LogP contribution in [0.25, 0.3) is 88.4 Å². The quantitative estimate of drug-likeness (QED) is 0.172. The number of benzene rings is 8. The summed E-state index contributed by atoms with van der Waals surface area (Å²) in [6.45, 7) is 0. The Morgan fingerprint density at radius 2 is 0.650 bits per heavy atom. The maximum absolute atomic E-state index is 10.8. The molecular formula is C53H27N7. The van der Waals surface area contributed by atoms with Gasteiger partial charge < -0.3 is 9.13 Å². The van der Waals surface area contributed by atoms with E-state index < -0.39 is 0 Å². The van der Waals surface area contributed by atoms with Crippen molar-refractivity contribution in [1.29, 1.82) is 26.3 Å². The van der Waals surface area contributed by atoms with Crippen LogP contribution in [0.2, 0.25) is 0 Å². The summed E-state index contributed by atoms with van der Waals surface area (Å²) in [6.07, 6.45) is 0. The molecule has 0 aliphatic heterocycles. The Kier molecular flexibility index (Phi) is 8.27. The van der Waals surface area contributed by atoms with E-state index in [4.69, 9.17) is 0 Å². The molecule has 0 spiro atoms. The maximum Gasteiger partial charge on any atom is 0.0993 e. The molecule has 60 heavy (non-hydrogen) atoms. The van der Waals surface area contributed by atoms with Gasteiger partial charge in [0.2, 0.25) is 0 Å². The zero-order valence-electron chi connectivity index (χ0n) is 31.7. The number of nitriles is 5. The van der Waals surface area contributed by atoms with Gasteiger partial charge in [-0.25, -0.2) is 0 Å². The van der Waals surface area contributed by atoms with Gasteiger partial charge in [-0.1, -0.05) is 72.8 Å². The summed E-state index contributed by atoms with van der Waals surface area (Å²) in [5.41, 5.74) is 12.7. The molecule has 0 radical (unpaired) electrons. The molecule has 2 heterocycles. The second-order valence-corrected chi connectivity index (χ2v) is 14.6. The van der Waals surface area contributed by atoms with E-state index in [0.29, 0.717) is 44.8 Å². The molecule has 0 fully saturated rings. The molecule has 0 saturated heterocycles. The van der Waals surface area contributed by atoms with E-state index in [1.807, 2.05) is 97.1 Å². The molecule has 8 aromatic carbocycles. The molecule has 0 unspecified atom stereocenters. The third-order valence-corrected chi connectivity index (χ3v) is 11.2. The van der Waals surface area contributed by atoms with Crippen molar-refractivity contribution in [2.75, 3.05) is 0 Å². The van der Waals surface area contributed by atoms with Gasteiger partial charge in [0.1, 0.15) is 0 Å². The maximum atomic E-state index is 10.8. The summed E-state index contributed by atoms with van der Waals surface area (Å²) in [7, 11) is 0. The predicted molar refractivity (Wildman–Crippen MR) is 235 cm³/mol. The lowest BCUT2D eigenvalue weighted by atomic mass is 9.95. The van der Waals surface area contributed by atoms with Crippen LogP contribution in [-0.2, 0) is 0 Å². The number of aromatic nitrogens is 2. The van der Waals surface area contributed by atoms with Crippen molar-refractivity contribution in [2.24, 2.45) is 0 Å². The Hall–Kier alpha value is -9.19. The molecule has 0 N–H and O–H groups in total. The second kappa shape index (κ2) is 14.1. The zero-order valence-corrected chi connectivity index (χ0v) is 31.7. The molecule has 274 valence electrons. The average Bonchev–Trinajstić information content (AvgIpc) is 3.83. The van der Waals surface area contributed by atoms with Crippen molar-refractivity contribution in [1.82, 2.24) is 9.13 Å². The van der Waals surface area contributed by atoms with Crippen LogP contribution in [-0.4, -0.2) is 9.13 Å². The lowest BCUT2D eigenvalue weighted by molar-refractivity contribution is 1.13. The highest BCUT2D eigenvalue weighted by Gasteiger charge is 2.24. The van der Waals surface area contributed by atoms with Crippen LogP contribution < -0.4 is 0 Å². The van der Waals surface area contributed by atoms with Crippen LogP contribution in [0.4, 0.5) is 0 Å². The van der Waals surface area contributed by atoms with Gasteiger partial charge in [-0.05, 0) is 119 Å². The second-order valence-electron chi connectivity index (χ2n) is 14.6. The summed E-state index contributed by atoms with van der Waals surface area (Å²) in [6, 6.07) is 64.4. The van der Waals surface area contributed by atoms with Gasteiger partial charge >= 0.3 is 0 Å². The SMILES string of the molecule is N#Cc1ccc(-c2ccc3c(c2)c2ccccc2n3-c2cc(C#N)cc(-n3c4ccccc4c4cc(-c5ccc(C#N)cc5)ccc43)c2-c2cc(C#N)cc(C#N)c2)cc1. The van der Waals surface area contributed by atoms with E-state index in [1.165, 1.54) is 0 Å². The fraction of sp³-hybridized carbons (Fsp3) is 0. The Morgan fingerprint density at radius 1 is 0.283 bits per heavy atom. The van der Waals surface area contributed by atoms with Crippen molar-refractivity contribution >= 4 is 43.6 Å². The number of rotatable bonds is 5. The first-order valence-electron chi connectivity index (χ1n) is 19.1. The van der Waals surface area contributed by atoms with Gasteiger partial charge in [0, 0.05) is 27.1 Å². The third kappa shape index (κ3) is 5.63. The highest BCUT2D eigenvalue weighted by Crippen LogP contribution is 2.44. The molecule has 10 rings (SSSR count). The molecule has 2 aromatic heterocycles. The van der Waals surface area contributed by atoms with Crippen molar-refractivity contribution in [3.8, 4) is 75.1 Å². The fourth-order valence-corrected chi connectivity index (χ4v) is 8.52. The summed E-state index contributed by atoms with van der Waals surface area (Å²) in [5, 5.41) is 54.1. The van der Waals surface area contributed by atoms with Gasteiger partial charge in [0.25, 0.3) is 0 Å².